The van der Waals surface area contributed by atoms with Crippen LogP contribution in [0.3, 0.4) is 0 Å². The maximum absolute atomic E-state index is 12.5. The van der Waals surface area contributed by atoms with Gasteiger partial charge in [0.05, 0.1) is 6.61 Å². The molecule has 0 radical (unpaired) electrons. The number of carbonyl (C=O) groups excluding carboxylic acids is 1. The van der Waals surface area contributed by atoms with Crippen LogP contribution in [0.1, 0.15) is 37.3 Å². The van der Waals surface area contributed by atoms with Crippen LogP contribution in [0.25, 0.3) is 0 Å². The highest BCUT2D eigenvalue weighted by Gasteiger charge is 2.28. The second-order valence-corrected chi connectivity index (χ2v) is 5.90. The normalized spacial score (nSPS) is 20.2. The molecular weight excluding hydrogens is 268 g/mol. The summed E-state index contributed by atoms with van der Waals surface area (Å²) >= 11 is 0. The van der Waals surface area contributed by atoms with E-state index >= 15 is 0 Å². The number of rotatable bonds is 5. The average Bonchev–Trinajstić information content (AvgIpc) is 2.95. The third-order valence-electron chi connectivity index (χ3n) is 3.99. The molecule has 118 valence electrons. The number of amides is 1. The molecule has 0 saturated carbocycles. The highest BCUT2D eigenvalue weighted by molar-refractivity contribution is 5.92. The Balaban J connectivity index is 1.95. The lowest BCUT2D eigenvalue weighted by Crippen LogP contribution is -2.54. The van der Waals surface area contributed by atoms with E-state index < -0.39 is 0 Å². The standard InChI is InChI=1S/C15H26N4O2/c1-12(2)19-6-5-14(16-19)15(20)18-8-7-17(9-10-21-4)13(3)11-18/h5-6,12-13H,7-11H2,1-4H3. The average molecular weight is 294 g/mol. The molecule has 2 heterocycles. The van der Waals surface area contributed by atoms with Gasteiger partial charge in [-0.25, -0.2) is 0 Å². The zero-order chi connectivity index (χ0) is 15.4. The number of hydrogen-bond acceptors (Lipinski definition) is 4. The summed E-state index contributed by atoms with van der Waals surface area (Å²) in [4.78, 5) is 16.8. The minimum absolute atomic E-state index is 0.0349. The summed E-state index contributed by atoms with van der Waals surface area (Å²) in [7, 11) is 1.72. The predicted octanol–water partition coefficient (Wildman–Crippen LogP) is 1.26. The Bertz CT molecular complexity index is 472. The molecule has 0 N–H and O–H groups in total. The first kappa shape index (κ1) is 16.0. The van der Waals surface area contributed by atoms with Gasteiger partial charge in [0, 0.05) is 51.6 Å². The maximum atomic E-state index is 12.5. The molecule has 1 amide bonds. The molecule has 21 heavy (non-hydrogen) atoms. The van der Waals surface area contributed by atoms with Crippen molar-refractivity contribution in [3.63, 3.8) is 0 Å². The van der Waals surface area contributed by atoms with Crippen molar-refractivity contribution < 1.29 is 9.53 Å². The second kappa shape index (κ2) is 7.04. The summed E-state index contributed by atoms with van der Waals surface area (Å²) in [5.74, 6) is 0.0349. The number of nitrogens with zero attached hydrogens (tertiary/aromatic N) is 4. The van der Waals surface area contributed by atoms with Crippen LogP contribution in [-0.4, -0.2) is 71.4 Å². The number of ether oxygens (including phenoxy) is 1. The number of carbonyl (C=O) groups is 1. The Kier molecular flexibility index (Phi) is 5.36. The lowest BCUT2D eigenvalue weighted by Gasteiger charge is -2.39. The van der Waals surface area contributed by atoms with E-state index in [1.165, 1.54) is 0 Å². The molecule has 1 saturated heterocycles. The van der Waals surface area contributed by atoms with E-state index in [1.54, 1.807) is 7.11 Å². The molecular formula is C15H26N4O2. The van der Waals surface area contributed by atoms with Gasteiger partial charge in [-0.1, -0.05) is 0 Å². The number of methoxy groups -OCH3 is 1. The van der Waals surface area contributed by atoms with Crippen LogP contribution in [0.4, 0.5) is 0 Å². The monoisotopic (exact) mass is 294 g/mol. The van der Waals surface area contributed by atoms with Crippen LogP contribution < -0.4 is 0 Å². The van der Waals surface area contributed by atoms with Gasteiger partial charge in [-0.05, 0) is 26.8 Å². The van der Waals surface area contributed by atoms with Gasteiger partial charge in [-0.2, -0.15) is 5.10 Å². The lowest BCUT2D eigenvalue weighted by molar-refractivity contribution is 0.0429. The molecule has 1 aliphatic rings. The zero-order valence-electron chi connectivity index (χ0n) is 13.5. The summed E-state index contributed by atoms with van der Waals surface area (Å²) in [6, 6.07) is 2.44. The highest BCUT2D eigenvalue weighted by Crippen LogP contribution is 2.13. The van der Waals surface area contributed by atoms with Gasteiger partial charge in [0.2, 0.25) is 0 Å². The van der Waals surface area contributed by atoms with Crippen LogP contribution >= 0.6 is 0 Å². The molecule has 0 spiro atoms. The molecule has 1 unspecified atom stereocenters. The van der Waals surface area contributed by atoms with Gasteiger partial charge in [0.25, 0.3) is 5.91 Å². The van der Waals surface area contributed by atoms with Gasteiger partial charge in [0.15, 0.2) is 0 Å². The third-order valence-corrected chi connectivity index (χ3v) is 3.99. The minimum Gasteiger partial charge on any atom is -0.383 e. The molecule has 1 atom stereocenters. The summed E-state index contributed by atoms with van der Waals surface area (Å²) in [5.41, 5.74) is 0.543. The lowest BCUT2D eigenvalue weighted by atomic mass is 10.2. The Morgan fingerprint density at radius 1 is 1.48 bits per heavy atom. The SMILES string of the molecule is COCCN1CCN(C(=O)c2ccn(C(C)C)n2)CC1C. The van der Waals surface area contributed by atoms with Gasteiger partial charge in [-0.15, -0.1) is 0 Å². The topological polar surface area (TPSA) is 50.6 Å². The van der Waals surface area contributed by atoms with E-state index in [1.807, 2.05) is 21.8 Å². The Hall–Kier alpha value is -1.40. The van der Waals surface area contributed by atoms with E-state index in [2.05, 4.69) is 30.8 Å². The van der Waals surface area contributed by atoms with Crippen molar-refractivity contribution in [2.75, 3.05) is 39.9 Å². The molecule has 0 aromatic carbocycles. The van der Waals surface area contributed by atoms with Crippen molar-refractivity contribution in [1.29, 1.82) is 0 Å². The summed E-state index contributed by atoms with van der Waals surface area (Å²) in [6.07, 6.45) is 1.87. The Morgan fingerprint density at radius 3 is 2.81 bits per heavy atom. The number of aromatic nitrogens is 2. The fourth-order valence-corrected chi connectivity index (χ4v) is 2.62. The summed E-state index contributed by atoms with van der Waals surface area (Å²) in [6.45, 7) is 10.3. The summed E-state index contributed by atoms with van der Waals surface area (Å²) < 4.78 is 6.95. The molecule has 6 nitrogen and oxygen atoms in total. The first-order chi connectivity index (χ1) is 10.0. The molecule has 0 bridgehead atoms. The van der Waals surface area contributed by atoms with E-state index in [0.717, 1.165) is 32.8 Å². The van der Waals surface area contributed by atoms with Crippen molar-refractivity contribution >= 4 is 5.91 Å². The first-order valence-electron chi connectivity index (χ1n) is 7.60. The van der Waals surface area contributed by atoms with Crippen molar-refractivity contribution in [2.24, 2.45) is 0 Å². The van der Waals surface area contributed by atoms with Crippen LogP contribution in [-0.2, 0) is 4.74 Å². The minimum atomic E-state index is 0.0349. The second-order valence-electron chi connectivity index (χ2n) is 5.90. The molecule has 1 fully saturated rings. The van der Waals surface area contributed by atoms with Crippen molar-refractivity contribution in [3.8, 4) is 0 Å². The van der Waals surface area contributed by atoms with Crippen LogP contribution in [0, 0.1) is 0 Å². The molecule has 6 heteroatoms. The van der Waals surface area contributed by atoms with Gasteiger partial charge in [-0.3, -0.25) is 14.4 Å². The highest BCUT2D eigenvalue weighted by atomic mass is 16.5. The Labute approximate surface area is 126 Å². The maximum Gasteiger partial charge on any atom is 0.274 e. The number of piperazine rings is 1. The first-order valence-corrected chi connectivity index (χ1v) is 7.60. The molecule has 1 aliphatic heterocycles. The van der Waals surface area contributed by atoms with E-state index in [9.17, 15) is 4.79 Å². The smallest absolute Gasteiger partial charge is 0.274 e. The third kappa shape index (κ3) is 3.83. The van der Waals surface area contributed by atoms with Crippen molar-refractivity contribution in [3.05, 3.63) is 18.0 Å². The van der Waals surface area contributed by atoms with Crippen LogP contribution in [0.15, 0.2) is 12.3 Å². The van der Waals surface area contributed by atoms with Gasteiger partial charge >= 0.3 is 0 Å². The molecule has 1 aromatic rings. The Morgan fingerprint density at radius 2 is 2.24 bits per heavy atom. The van der Waals surface area contributed by atoms with E-state index in [0.29, 0.717) is 11.7 Å². The predicted molar refractivity (Wildman–Crippen MR) is 81.4 cm³/mol. The van der Waals surface area contributed by atoms with Crippen molar-refractivity contribution in [2.45, 2.75) is 32.9 Å². The van der Waals surface area contributed by atoms with Crippen molar-refractivity contribution in [1.82, 2.24) is 19.6 Å². The van der Waals surface area contributed by atoms with Gasteiger partial charge in [0.1, 0.15) is 5.69 Å². The zero-order valence-corrected chi connectivity index (χ0v) is 13.5. The van der Waals surface area contributed by atoms with Crippen LogP contribution in [0.2, 0.25) is 0 Å². The largest absolute Gasteiger partial charge is 0.383 e. The molecule has 1 aromatic heterocycles. The quantitative estimate of drug-likeness (QED) is 0.820. The van der Waals surface area contributed by atoms with Gasteiger partial charge < -0.3 is 9.64 Å². The molecule has 0 aliphatic carbocycles. The summed E-state index contributed by atoms with van der Waals surface area (Å²) in [5, 5.41) is 4.37. The molecule has 2 rings (SSSR count). The fourth-order valence-electron chi connectivity index (χ4n) is 2.62. The van der Waals surface area contributed by atoms with E-state index in [-0.39, 0.29) is 11.9 Å². The van der Waals surface area contributed by atoms with E-state index in [4.69, 9.17) is 4.74 Å². The number of hydrogen-bond donors (Lipinski definition) is 0. The van der Waals surface area contributed by atoms with Crippen LogP contribution in [0.5, 0.6) is 0 Å². The fraction of sp³-hybridized carbons (Fsp3) is 0.733.